The molecule has 17 heavy (non-hydrogen) atoms. The van der Waals surface area contributed by atoms with Crippen LogP contribution in [-0.4, -0.2) is 39.3 Å². The Kier molecular flexibility index (Phi) is 12.6. The van der Waals surface area contributed by atoms with Crippen molar-refractivity contribution in [3.05, 3.63) is 0 Å². The summed E-state index contributed by atoms with van der Waals surface area (Å²) in [5.41, 5.74) is 4.54. The zero-order valence-electron chi connectivity index (χ0n) is 11.1. The van der Waals surface area contributed by atoms with E-state index in [1.54, 1.807) is 0 Å². The fourth-order valence-electron chi connectivity index (χ4n) is 1.60. The number of primary amides is 1. The Hall–Kier alpha value is -0.810. The lowest BCUT2D eigenvalue weighted by atomic mass is 10.2. The number of nitrogens with one attached hydrogen (secondary N) is 3. The van der Waals surface area contributed by atoms with E-state index < -0.39 is 6.03 Å². The van der Waals surface area contributed by atoms with E-state index >= 15 is 0 Å². The summed E-state index contributed by atoms with van der Waals surface area (Å²) in [7, 11) is 1.47. The second-order valence-electron chi connectivity index (χ2n) is 4.24. The molecule has 5 nitrogen and oxygen atoms in total. The summed E-state index contributed by atoms with van der Waals surface area (Å²) in [4.78, 5) is 9.48. The van der Waals surface area contributed by atoms with E-state index in [1.165, 1.54) is 71.8 Å². The largest absolute Gasteiger partial charge is 0.352 e. The second-order valence-corrected chi connectivity index (χ2v) is 4.24. The summed E-state index contributed by atoms with van der Waals surface area (Å²) < 4.78 is 0. The molecule has 2 aliphatic heterocycles. The van der Waals surface area contributed by atoms with Gasteiger partial charge < -0.3 is 21.7 Å². The molecule has 2 saturated heterocycles. The number of carbonyl (C=O) groups is 1. The number of amides is 2. The zero-order valence-corrected chi connectivity index (χ0v) is 11.1. The van der Waals surface area contributed by atoms with Gasteiger partial charge in [-0.2, -0.15) is 0 Å². The minimum absolute atomic E-state index is 0.495. The number of rotatable bonds is 0. The standard InChI is InChI=1S/2C5H11N.C2H6N2O/c2*1-2-4-6-5-3-1;1-4-2(3)5/h2*6H,1-5H2;1H3,(H3,3,4,5). The van der Waals surface area contributed by atoms with Crippen LogP contribution in [0.15, 0.2) is 0 Å². The highest BCUT2D eigenvalue weighted by Crippen LogP contribution is 1.97. The Balaban J connectivity index is 0.000000228. The first-order chi connectivity index (χ1) is 8.27. The first kappa shape index (κ1) is 16.2. The Labute approximate surface area is 105 Å². The van der Waals surface area contributed by atoms with Crippen LogP contribution in [0.2, 0.25) is 0 Å². The molecular formula is C12H28N4O. The van der Waals surface area contributed by atoms with Gasteiger partial charge in [0.15, 0.2) is 0 Å². The van der Waals surface area contributed by atoms with Gasteiger partial charge in [0.05, 0.1) is 0 Å². The molecule has 0 spiro atoms. The molecule has 0 bridgehead atoms. The molecular weight excluding hydrogens is 216 g/mol. The van der Waals surface area contributed by atoms with Crippen molar-refractivity contribution in [2.75, 3.05) is 33.2 Å². The molecule has 2 heterocycles. The maximum Gasteiger partial charge on any atom is 0.311 e. The highest BCUT2D eigenvalue weighted by molar-refractivity contribution is 5.71. The lowest BCUT2D eigenvalue weighted by Crippen LogP contribution is -2.24. The third-order valence-corrected chi connectivity index (χ3v) is 2.66. The van der Waals surface area contributed by atoms with Gasteiger partial charge in [-0.15, -0.1) is 0 Å². The van der Waals surface area contributed by atoms with Gasteiger partial charge >= 0.3 is 6.03 Å². The molecule has 0 unspecified atom stereocenters. The molecule has 0 saturated carbocycles. The monoisotopic (exact) mass is 244 g/mol. The van der Waals surface area contributed by atoms with E-state index in [2.05, 4.69) is 21.7 Å². The molecule has 102 valence electrons. The summed E-state index contributed by atoms with van der Waals surface area (Å²) in [6, 6.07) is -0.495. The van der Waals surface area contributed by atoms with Gasteiger partial charge in [0.25, 0.3) is 0 Å². The van der Waals surface area contributed by atoms with Crippen LogP contribution in [0.5, 0.6) is 0 Å². The van der Waals surface area contributed by atoms with Gasteiger partial charge in [-0.25, -0.2) is 4.79 Å². The van der Waals surface area contributed by atoms with E-state index in [1.807, 2.05) is 0 Å². The number of nitrogens with two attached hydrogens (primary N) is 1. The Morgan fingerprint density at radius 2 is 1.18 bits per heavy atom. The van der Waals surface area contributed by atoms with Crippen molar-refractivity contribution in [3.63, 3.8) is 0 Å². The van der Waals surface area contributed by atoms with Gasteiger partial charge in [0.1, 0.15) is 0 Å². The van der Waals surface area contributed by atoms with Crippen LogP contribution in [0, 0.1) is 0 Å². The first-order valence-corrected chi connectivity index (χ1v) is 6.66. The highest BCUT2D eigenvalue weighted by Gasteiger charge is 1.94. The topological polar surface area (TPSA) is 79.2 Å². The fourth-order valence-corrected chi connectivity index (χ4v) is 1.60. The molecule has 5 heteroatoms. The maximum absolute atomic E-state index is 9.48. The molecule has 2 aliphatic rings. The van der Waals surface area contributed by atoms with Crippen molar-refractivity contribution in [2.24, 2.45) is 5.73 Å². The maximum atomic E-state index is 9.48. The molecule has 0 aliphatic carbocycles. The van der Waals surface area contributed by atoms with Crippen molar-refractivity contribution >= 4 is 6.03 Å². The van der Waals surface area contributed by atoms with Crippen LogP contribution in [0.1, 0.15) is 38.5 Å². The highest BCUT2D eigenvalue weighted by atomic mass is 16.2. The number of carbonyl (C=O) groups excluding carboxylic acids is 1. The van der Waals surface area contributed by atoms with Crippen LogP contribution in [0.4, 0.5) is 4.79 Å². The number of piperidine rings is 2. The normalized spacial score (nSPS) is 18.9. The third kappa shape index (κ3) is 15.2. The number of hydrogen-bond acceptors (Lipinski definition) is 3. The van der Waals surface area contributed by atoms with Gasteiger partial charge in [0, 0.05) is 7.05 Å². The average Bonchev–Trinajstić information content (AvgIpc) is 2.44. The minimum atomic E-state index is -0.495. The van der Waals surface area contributed by atoms with E-state index in [-0.39, 0.29) is 0 Å². The van der Waals surface area contributed by atoms with E-state index in [9.17, 15) is 4.79 Å². The predicted octanol–water partition coefficient (Wildman–Crippen LogP) is 0.804. The van der Waals surface area contributed by atoms with Gasteiger partial charge in [-0.3, -0.25) is 0 Å². The summed E-state index contributed by atoms with van der Waals surface area (Å²) in [5.74, 6) is 0. The first-order valence-electron chi connectivity index (χ1n) is 6.66. The predicted molar refractivity (Wildman–Crippen MR) is 72.1 cm³/mol. The third-order valence-electron chi connectivity index (χ3n) is 2.66. The quantitative estimate of drug-likeness (QED) is 0.509. The van der Waals surface area contributed by atoms with E-state index in [4.69, 9.17) is 0 Å². The molecule has 0 radical (unpaired) electrons. The van der Waals surface area contributed by atoms with Gasteiger partial charge in [0.2, 0.25) is 0 Å². The van der Waals surface area contributed by atoms with Crippen molar-refractivity contribution < 1.29 is 4.79 Å². The molecule has 5 N–H and O–H groups in total. The molecule has 0 aromatic carbocycles. The lowest BCUT2D eigenvalue weighted by molar-refractivity contribution is 0.251. The van der Waals surface area contributed by atoms with Crippen molar-refractivity contribution in [1.29, 1.82) is 0 Å². The van der Waals surface area contributed by atoms with Crippen molar-refractivity contribution in [3.8, 4) is 0 Å². The van der Waals surface area contributed by atoms with Crippen LogP contribution < -0.4 is 21.7 Å². The summed E-state index contributed by atoms with van der Waals surface area (Å²) in [6.07, 6.45) is 8.43. The summed E-state index contributed by atoms with van der Waals surface area (Å²) >= 11 is 0. The van der Waals surface area contributed by atoms with E-state index in [0.29, 0.717) is 0 Å². The lowest BCUT2D eigenvalue weighted by Gasteiger charge is -2.08. The zero-order chi connectivity index (χ0) is 12.8. The second kappa shape index (κ2) is 13.3. The van der Waals surface area contributed by atoms with E-state index in [0.717, 1.165) is 0 Å². The minimum Gasteiger partial charge on any atom is -0.352 e. The van der Waals surface area contributed by atoms with Crippen LogP contribution in [-0.2, 0) is 0 Å². The van der Waals surface area contributed by atoms with Crippen LogP contribution in [0.25, 0.3) is 0 Å². The Morgan fingerprint density at radius 1 is 0.882 bits per heavy atom. The molecule has 2 fully saturated rings. The summed E-state index contributed by atoms with van der Waals surface area (Å²) in [5, 5.41) is 8.74. The molecule has 0 atom stereocenters. The van der Waals surface area contributed by atoms with Crippen molar-refractivity contribution in [2.45, 2.75) is 38.5 Å². The average molecular weight is 244 g/mol. The summed E-state index contributed by atoms with van der Waals surface area (Å²) in [6.45, 7) is 5.00. The molecule has 2 amide bonds. The van der Waals surface area contributed by atoms with Gasteiger partial charge in [-0.1, -0.05) is 12.8 Å². The smallest absolute Gasteiger partial charge is 0.311 e. The molecule has 0 aromatic rings. The molecule has 2 rings (SSSR count). The fraction of sp³-hybridized carbons (Fsp3) is 0.917. The van der Waals surface area contributed by atoms with Gasteiger partial charge in [-0.05, 0) is 51.9 Å². The molecule has 0 aromatic heterocycles. The Morgan fingerprint density at radius 3 is 1.24 bits per heavy atom. The number of urea groups is 1. The van der Waals surface area contributed by atoms with Crippen LogP contribution in [0.3, 0.4) is 0 Å². The number of hydrogen-bond donors (Lipinski definition) is 4. The Bertz CT molecular complexity index is 133. The van der Waals surface area contributed by atoms with Crippen LogP contribution >= 0.6 is 0 Å². The SMILES string of the molecule is C1CCNCC1.C1CCNCC1.CNC(N)=O. The van der Waals surface area contributed by atoms with Crippen molar-refractivity contribution in [1.82, 2.24) is 16.0 Å².